The molecule has 1 fully saturated rings. The molecular formula is C23H26FNO. The molecule has 0 unspecified atom stereocenters. The Morgan fingerprint density at radius 3 is 2.42 bits per heavy atom. The van der Waals surface area contributed by atoms with Crippen molar-refractivity contribution in [2.45, 2.75) is 44.6 Å². The van der Waals surface area contributed by atoms with Gasteiger partial charge in [0, 0.05) is 18.4 Å². The molecule has 1 aliphatic heterocycles. The second-order valence-corrected chi connectivity index (χ2v) is 7.38. The molecule has 2 nitrogen and oxygen atoms in total. The van der Waals surface area contributed by atoms with E-state index in [0.717, 1.165) is 24.0 Å². The molecule has 0 bridgehead atoms. The number of piperidine rings is 1. The number of halogens is 1. The van der Waals surface area contributed by atoms with Crippen LogP contribution in [-0.2, 0) is 10.2 Å². The number of aryl methyl sites for hydroxylation is 1. The van der Waals surface area contributed by atoms with Crippen LogP contribution in [-0.4, -0.2) is 17.4 Å². The third-order valence-corrected chi connectivity index (χ3v) is 5.66. The molecule has 0 saturated carbocycles. The maximum absolute atomic E-state index is 13.3. The molecule has 0 radical (unpaired) electrons. The average molecular weight is 351 g/mol. The number of likely N-dealkylation sites (tertiary alicyclic amines) is 1. The molecule has 136 valence electrons. The van der Waals surface area contributed by atoms with Crippen LogP contribution in [0.2, 0.25) is 0 Å². The number of nitrogens with zero attached hydrogens (tertiary/aromatic N) is 1. The Balaban J connectivity index is 1.83. The lowest BCUT2D eigenvalue weighted by atomic mass is 9.70. The highest BCUT2D eigenvalue weighted by Gasteiger charge is 2.40. The molecule has 0 aliphatic carbocycles. The molecule has 3 heteroatoms. The first-order chi connectivity index (χ1) is 12.4. The molecule has 0 N–H and O–H groups in total. The Morgan fingerprint density at radius 1 is 1.19 bits per heavy atom. The highest BCUT2D eigenvalue weighted by atomic mass is 19.1. The number of amides is 1. The normalized spacial score (nSPS) is 21.5. The second kappa shape index (κ2) is 7.45. The number of hydrogen-bond acceptors (Lipinski definition) is 1. The summed E-state index contributed by atoms with van der Waals surface area (Å²) in [5.74, 6) is -0.102. The lowest BCUT2D eigenvalue weighted by Gasteiger charge is -2.43. The molecule has 2 atom stereocenters. The first-order valence-corrected chi connectivity index (χ1v) is 9.18. The van der Waals surface area contributed by atoms with Crippen LogP contribution in [0.3, 0.4) is 0 Å². The molecule has 2 aromatic carbocycles. The third-order valence-electron chi connectivity index (χ3n) is 5.66. The second-order valence-electron chi connectivity index (χ2n) is 7.38. The third kappa shape index (κ3) is 3.57. The van der Waals surface area contributed by atoms with Crippen molar-refractivity contribution in [3.8, 4) is 0 Å². The summed E-state index contributed by atoms with van der Waals surface area (Å²) in [5.41, 5.74) is 3.11. The fraction of sp³-hybridized carbons (Fsp3) is 0.348. The van der Waals surface area contributed by atoms with E-state index in [1.54, 1.807) is 0 Å². The van der Waals surface area contributed by atoms with E-state index in [0.29, 0.717) is 13.0 Å². The van der Waals surface area contributed by atoms with Crippen LogP contribution >= 0.6 is 0 Å². The summed E-state index contributed by atoms with van der Waals surface area (Å²) in [6.07, 6.45) is 3.88. The standard InChI is InChI=1S/C23H26FNO/c1-4-13-23(20-9-11-21(24)12-10-20)14-15-25(22(26)16-23)18(3)19-7-5-17(2)6-8-19/h4-12,18H,1,13-16H2,2-3H3/t18-,23-/m0/s1. The van der Waals surface area contributed by atoms with E-state index in [1.807, 2.05) is 23.1 Å². The average Bonchev–Trinajstić information content (AvgIpc) is 2.63. The molecule has 0 spiro atoms. The van der Waals surface area contributed by atoms with Crippen molar-refractivity contribution in [1.29, 1.82) is 0 Å². The molecule has 1 heterocycles. The minimum absolute atomic E-state index is 0.0537. The lowest BCUT2D eigenvalue weighted by Crippen LogP contribution is -2.47. The monoisotopic (exact) mass is 351 g/mol. The first-order valence-electron chi connectivity index (χ1n) is 9.18. The minimum atomic E-state index is -0.282. The fourth-order valence-electron chi connectivity index (χ4n) is 3.99. The maximum atomic E-state index is 13.3. The SMILES string of the molecule is C=CC[C@]1(c2ccc(F)cc2)CCN([C@@H](C)c2ccc(C)cc2)C(=O)C1. The molecule has 2 aromatic rings. The quantitative estimate of drug-likeness (QED) is 0.667. The minimum Gasteiger partial charge on any atom is -0.336 e. The smallest absolute Gasteiger partial charge is 0.223 e. The Morgan fingerprint density at radius 2 is 1.85 bits per heavy atom. The zero-order valence-electron chi connectivity index (χ0n) is 15.5. The summed E-state index contributed by atoms with van der Waals surface area (Å²) < 4.78 is 13.3. The van der Waals surface area contributed by atoms with Crippen LogP contribution in [0.5, 0.6) is 0 Å². The van der Waals surface area contributed by atoms with Gasteiger partial charge in [-0.15, -0.1) is 6.58 Å². The fourth-order valence-corrected chi connectivity index (χ4v) is 3.99. The van der Waals surface area contributed by atoms with E-state index < -0.39 is 0 Å². The van der Waals surface area contributed by atoms with Gasteiger partial charge in [0.2, 0.25) is 5.91 Å². The van der Waals surface area contributed by atoms with E-state index >= 15 is 0 Å². The summed E-state index contributed by atoms with van der Waals surface area (Å²) in [5, 5.41) is 0. The summed E-state index contributed by atoms with van der Waals surface area (Å²) in [7, 11) is 0. The Labute approximate surface area is 155 Å². The van der Waals surface area contributed by atoms with Crippen LogP contribution in [0.4, 0.5) is 4.39 Å². The van der Waals surface area contributed by atoms with Gasteiger partial charge in [0.05, 0.1) is 6.04 Å². The van der Waals surface area contributed by atoms with Gasteiger partial charge < -0.3 is 4.90 Å². The molecule has 1 saturated heterocycles. The zero-order chi connectivity index (χ0) is 18.7. The first kappa shape index (κ1) is 18.4. The van der Waals surface area contributed by atoms with Gasteiger partial charge in [-0.25, -0.2) is 4.39 Å². The van der Waals surface area contributed by atoms with Crippen molar-refractivity contribution in [3.63, 3.8) is 0 Å². The number of allylic oxidation sites excluding steroid dienone is 1. The van der Waals surface area contributed by atoms with E-state index in [4.69, 9.17) is 0 Å². The number of benzene rings is 2. The van der Waals surface area contributed by atoms with Crippen LogP contribution in [0.25, 0.3) is 0 Å². The Hall–Kier alpha value is -2.42. The van der Waals surface area contributed by atoms with Crippen molar-refractivity contribution in [2.24, 2.45) is 0 Å². The number of rotatable bonds is 5. The summed E-state index contributed by atoms with van der Waals surface area (Å²) in [6.45, 7) is 8.72. The van der Waals surface area contributed by atoms with Gasteiger partial charge in [0.15, 0.2) is 0 Å². The van der Waals surface area contributed by atoms with Crippen LogP contribution < -0.4 is 0 Å². The molecular weight excluding hydrogens is 325 g/mol. The predicted octanol–water partition coefficient (Wildman–Crippen LogP) is 5.33. The topological polar surface area (TPSA) is 20.3 Å². The summed E-state index contributed by atoms with van der Waals surface area (Å²) in [4.78, 5) is 15.0. The van der Waals surface area contributed by atoms with Crippen molar-refractivity contribution in [2.75, 3.05) is 6.54 Å². The van der Waals surface area contributed by atoms with E-state index in [9.17, 15) is 9.18 Å². The predicted molar refractivity (Wildman–Crippen MR) is 103 cm³/mol. The molecule has 26 heavy (non-hydrogen) atoms. The summed E-state index contributed by atoms with van der Waals surface area (Å²) in [6, 6.07) is 15.0. The van der Waals surface area contributed by atoms with Crippen molar-refractivity contribution < 1.29 is 9.18 Å². The van der Waals surface area contributed by atoms with Gasteiger partial charge in [-0.05, 0) is 49.9 Å². The van der Waals surface area contributed by atoms with Crippen LogP contribution in [0, 0.1) is 12.7 Å². The number of carbonyl (C=O) groups excluding carboxylic acids is 1. The maximum Gasteiger partial charge on any atom is 0.223 e. The van der Waals surface area contributed by atoms with E-state index in [2.05, 4.69) is 44.7 Å². The largest absolute Gasteiger partial charge is 0.336 e. The lowest BCUT2D eigenvalue weighted by molar-refractivity contribution is -0.138. The van der Waals surface area contributed by atoms with Gasteiger partial charge in [-0.2, -0.15) is 0 Å². The summed E-state index contributed by atoms with van der Waals surface area (Å²) >= 11 is 0. The molecule has 1 aliphatic rings. The number of carbonyl (C=O) groups is 1. The highest BCUT2D eigenvalue weighted by Crippen LogP contribution is 2.41. The van der Waals surface area contributed by atoms with Crippen LogP contribution in [0.1, 0.15) is 48.9 Å². The van der Waals surface area contributed by atoms with E-state index in [-0.39, 0.29) is 23.2 Å². The van der Waals surface area contributed by atoms with Crippen molar-refractivity contribution in [3.05, 3.63) is 83.7 Å². The van der Waals surface area contributed by atoms with Crippen LogP contribution in [0.15, 0.2) is 61.2 Å². The van der Waals surface area contributed by atoms with Gasteiger partial charge in [0.25, 0.3) is 0 Å². The van der Waals surface area contributed by atoms with E-state index in [1.165, 1.54) is 17.7 Å². The number of hydrogen-bond donors (Lipinski definition) is 0. The highest BCUT2D eigenvalue weighted by molar-refractivity contribution is 5.79. The Bertz CT molecular complexity index is 781. The van der Waals surface area contributed by atoms with Gasteiger partial charge >= 0.3 is 0 Å². The zero-order valence-corrected chi connectivity index (χ0v) is 15.5. The van der Waals surface area contributed by atoms with Crippen molar-refractivity contribution in [1.82, 2.24) is 4.90 Å². The molecule has 1 amide bonds. The molecule has 3 rings (SSSR count). The van der Waals surface area contributed by atoms with Crippen molar-refractivity contribution >= 4 is 5.91 Å². The molecule has 0 aromatic heterocycles. The van der Waals surface area contributed by atoms with Gasteiger partial charge in [0.1, 0.15) is 5.82 Å². The van der Waals surface area contributed by atoms with Gasteiger partial charge in [-0.1, -0.05) is 48.0 Å². The van der Waals surface area contributed by atoms with Gasteiger partial charge in [-0.3, -0.25) is 4.79 Å². The Kier molecular flexibility index (Phi) is 5.26.